The van der Waals surface area contributed by atoms with E-state index >= 15 is 0 Å². The number of anilines is 1. The van der Waals surface area contributed by atoms with Crippen LogP contribution >= 0.6 is 12.4 Å². The molecule has 0 aliphatic rings. The molecule has 0 spiro atoms. The van der Waals surface area contributed by atoms with E-state index in [0.717, 1.165) is 6.42 Å². The van der Waals surface area contributed by atoms with Crippen LogP contribution in [0.1, 0.15) is 25.3 Å². The fraction of sp³-hybridized carbons (Fsp3) is 0.462. The number of sulfone groups is 1. The highest BCUT2D eigenvalue weighted by Gasteiger charge is 2.12. The van der Waals surface area contributed by atoms with Crippen LogP contribution in [-0.4, -0.2) is 26.6 Å². The topological polar surface area (TPSA) is 89.3 Å². The molecule has 1 aromatic carbocycles. The Labute approximate surface area is 126 Å². The maximum atomic E-state index is 11.7. The van der Waals surface area contributed by atoms with Gasteiger partial charge in [-0.3, -0.25) is 4.79 Å². The lowest BCUT2D eigenvalue weighted by molar-refractivity contribution is -0.117. The van der Waals surface area contributed by atoms with Crippen LogP contribution in [0.2, 0.25) is 0 Å². The van der Waals surface area contributed by atoms with Gasteiger partial charge in [-0.2, -0.15) is 0 Å². The summed E-state index contributed by atoms with van der Waals surface area (Å²) in [7, 11) is -3.08. The van der Waals surface area contributed by atoms with Crippen LogP contribution in [0.4, 0.5) is 5.69 Å². The van der Waals surface area contributed by atoms with Crippen LogP contribution in [0.5, 0.6) is 0 Å². The number of hydrogen-bond donors (Lipinski definition) is 2. The zero-order valence-corrected chi connectivity index (χ0v) is 13.3. The molecule has 114 valence electrons. The second-order valence-electron chi connectivity index (χ2n) is 4.65. The lowest BCUT2D eigenvalue weighted by atomic mass is 10.1. The maximum Gasteiger partial charge on any atom is 0.241 e. The summed E-state index contributed by atoms with van der Waals surface area (Å²) in [6.07, 6.45) is 2.63. The van der Waals surface area contributed by atoms with Gasteiger partial charge in [0.1, 0.15) is 0 Å². The van der Waals surface area contributed by atoms with Gasteiger partial charge in [-0.05, 0) is 24.1 Å². The van der Waals surface area contributed by atoms with Gasteiger partial charge in [0.05, 0.1) is 11.8 Å². The molecule has 0 radical (unpaired) electrons. The number of nitrogens with two attached hydrogens (primary N) is 1. The first-order valence-corrected chi connectivity index (χ1v) is 8.21. The van der Waals surface area contributed by atoms with Crippen molar-refractivity contribution in [1.82, 2.24) is 0 Å². The van der Waals surface area contributed by atoms with Crippen molar-refractivity contribution in [3.63, 3.8) is 0 Å². The molecule has 0 saturated carbocycles. The van der Waals surface area contributed by atoms with Crippen molar-refractivity contribution in [2.45, 2.75) is 31.6 Å². The molecular formula is C13H21ClN2O3S. The number of carbonyl (C=O) groups is 1. The van der Waals surface area contributed by atoms with Gasteiger partial charge in [-0.1, -0.05) is 25.5 Å². The minimum atomic E-state index is -3.08. The smallest absolute Gasteiger partial charge is 0.241 e. The lowest BCUT2D eigenvalue weighted by Crippen LogP contribution is -2.35. The number of benzene rings is 1. The lowest BCUT2D eigenvalue weighted by Gasteiger charge is -2.11. The highest BCUT2D eigenvalue weighted by Crippen LogP contribution is 2.13. The van der Waals surface area contributed by atoms with E-state index in [-0.39, 0.29) is 24.1 Å². The Morgan fingerprint density at radius 1 is 1.40 bits per heavy atom. The molecule has 3 N–H and O–H groups in total. The number of nitrogens with one attached hydrogen (secondary N) is 1. The third kappa shape index (κ3) is 6.88. The average Bonchev–Trinajstić information content (AvgIpc) is 2.27. The van der Waals surface area contributed by atoms with Crippen LogP contribution in [0, 0.1) is 0 Å². The predicted molar refractivity (Wildman–Crippen MR) is 83.8 cm³/mol. The van der Waals surface area contributed by atoms with Gasteiger partial charge in [0.15, 0.2) is 9.84 Å². The molecule has 0 aliphatic heterocycles. The summed E-state index contributed by atoms with van der Waals surface area (Å²) in [5, 5.41) is 2.69. The van der Waals surface area contributed by atoms with E-state index in [1.54, 1.807) is 24.3 Å². The van der Waals surface area contributed by atoms with E-state index in [1.807, 2.05) is 6.92 Å². The molecule has 0 aromatic heterocycles. The van der Waals surface area contributed by atoms with Crippen molar-refractivity contribution in [2.24, 2.45) is 5.73 Å². The number of rotatable bonds is 6. The van der Waals surface area contributed by atoms with Gasteiger partial charge in [0, 0.05) is 11.9 Å². The average molecular weight is 321 g/mol. The van der Waals surface area contributed by atoms with Crippen molar-refractivity contribution < 1.29 is 13.2 Å². The summed E-state index contributed by atoms with van der Waals surface area (Å²) < 4.78 is 22.4. The molecule has 1 amide bonds. The normalized spacial score (nSPS) is 12.3. The quantitative estimate of drug-likeness (QED) is 0.835. The number of carbonyl (C=O) groups excluding carboxylic acids is 1. The highest BCUT2D eigenvalue weighted by molar-refractivity contribution is 7.89. The van der Waals surface area contributed by atoms with Crippen molar-refractivity contribution in [3.05, 3.63) is 29.8 Å². The molecule has 1 unspecified atom stereocenters. The molecule has 7 heteroatoms. The third-order valence-electron chi connectivity index (χ3n) is 2.56. The molecule has 0 heterocycles. The van der Waals surface area contributed by atoms with Gasteiger partial charge in [0.25, 0.3) is 0 Å². The first-order chi connectivity index (χ1) is 8.81. The molecule has 0 bridgehead atoms. The van der Waals surface area contributed by atoms with E-state index < -0.39 is 15.9 Å². The van der Waals surface area contributed by atoms with Crippen LogP contribution in [-0.2, 0) is 20.4 Å². The van der Waals surface area contributed by atoms with Crippen molar-refractivity contribution >= 4 is 33.8 Å². The summed E-state index contributed by atoms with van der Waals surface area (Å²) in [6, 6.07) is 6.24. The Kier molecular flexibility index (Phi) is 7.78. The zero-order valence-electron chi connectivity index (χ0n) is 11.6. The molecule has 0 saturated heterocycles. The third-order valence-corrected chi connectivity index (χ3v) is 3.42. The second kappa shape index (κ2) is 8.24. The van der Waals surface area contributed by atoms with E-state index in [1.165, 1.54) is 6.26 Å². The molecule has 20 heavy (non-hydrogen) atoms. The minimum absolute atomic E-state index is 0. The van der Waals surface area contributed by atoms with Gasteiger partial charge >= 0.3 is 0 Å². The molecule has 0 aliphatic carbocycles. The maximum absolute atomic E-state index is 11.7. The predicted octanol–water partition coefficient (Wildman–Crippen LogP) is 1.72. The number of amides is 1. The Hall–Kier alpha value is -1.11. The van der Waals surface area contributed by atoms with E-state index in [4.69, 9.17) is 5.73 Å². The summed E-state index contributed by atoms with van der Waals surface area (Å²) in [6.45, 7) is 1.96. The van der Waals surface area contributed by atoms with Gasteiger partial charge in [0.2, 0.25) is 5.91 Å². The van der Waals surface area contributed by atoms with Crippen LogP contribution < -0.4 is 11.1 Å². The van der Waals surface area contributed by atoms with Gasteiger partial charge in [-0.25, -0.2) is 8.42 Å². The van der Waals surface area contributed by atoms with Gasteiger partial charge in [-0.15, -0.1) is 12.4 Å². The Morgan fingerprint density at radius 2 is 2.05 bits per heavy atom. The zero-order chi connectivity index (χ0) is 14.5. The number of halogens is 1. The summed E-state index contributed by atoms with van der Waals surface area (Å²) >= 11 is 0. The molecule has 0 fully saturated rings. The van der Waals surface area contributed by atoms with Crippen molar-refractivity contribution in [1.29, 1.82) is 0 Å². The minimum Gasteiger partial charge on any atom is -0.325 e. The molecule has 1 aromatic rings. The molecular weight excluding hydrogens is 300 g/mol. The monoisotopic (exact) mass is 320 g/mol. The second-order valence-corrected chi connectivity index (χ2v) is 6.80. The van der Waals surface area contributed by atoms with Crippen LogP contribution in [0.15, 0.2) is 24.3 Å². The number of hydrogen-bond acceptors (Lipinski definition) is 4. The first kappa shape index (κ1) is 18.9. The fourth-order valence-corrected chi connectivity index (χ4v) is 2.50. The highest BCUT2D eigenvalue weighted by atomic mass is 35.5. The largest absolute Gasteiger partial charge is 0.325 e. The summed E-state index contributed by atoms with van der Waals surface area (Å²) in [4.78, 5) is 11.7. The summed E-state index contributed by atoms with van der Waals surface area (Å²) in [5.41, 5.74) is 6.92. The van der Waals surface area contributed by atoms with Crippen LogP contribution in [0.3, 0.4) is 0 Å². The SMILES string of the molecule is CCCC(N)C(=O)Nc1cccc(CS(C)(=O)=O)c1.Cl. The Balaban J connectivity index is 0.00000361. The molecule has 1 atom stereocenters. The van der Waals surface area contributed by atoms with Crippen LogP contribution in [0.25, 0.3) is 0 Å². The Bertz CT molecular complexity index is 546. The van der Waals surface area contributed by atoms with E-state index in [9.17, 15) is 13.2 Å². The molecule has 1 rings (SSSR count). The van der Waals surface area contributed by atoms with Crippen molar-refractivity contribution in [3.8, 4) is 0 Å². The van der Waals surface area contributed by atoms with Gasteiger partial charge < -0.3 is 11.1 Å². The standard InChI is InChI=1S/C13H20N2O3S.ClH/c1-3-5-12(14)13(16)15-11-7-4-6-10(8-11)9-19(2,17)18;/h4,6-8,12H,3,5,9,14H2,1-2H3,(H,15,16);1H. The van der Waals surface area contributed by atoms with E-state index in [0.29, 0.717) is 17.7 Å². The van der Waals surface area contributed by atoms with Crippen molar-refractivity contribution in [2.75, 3.05) is 11.6 Å². The molecule has 5 nitrogen and oxygen atoms in total. The first-order valence-electron chi connectivity index (χ1n) is 6.15. The summed E-state index contributed by atoms with van der Waals surface area (Å²) in [5.74, 6) is -0.295. The van der Waals surface area contributed by atoms with E-state index in [2.05, 4.69) is 5.32 Å². The fourth-order valence-electron chi connectivity index (χ4n) is 1.72. The Morgan fingerprint density at radius 3 is 2.60 bits per heavy atom.